The predicted octanol–water partition coefficient (Wildman–Crippen LogP) is 1.12. The van der Waals surface area contributed by atoms with Crippen molar-refractivity contribution in [3.63, 3.8) is 0 Å². The Morgan fingerprint density at radius 1 is 1.41 bits per heavy atom. The summed E-state index contributed by atoms with van der Waals surface area (Å²) in [4.78, 5) is 14.1. The lowest BCUT2D eigenvalue weighted by Gasteiger charge is -2.27. The average molecular weight is 237 g/mol. The average Bonchev–Trinajstić information content (AvgIpc) is 2.72. The Morgan fingerprint density at radius 3 is 2.65 bits per heavy atom. The minimum atomic E-state index is 0.0405. The molecule has 2 N–H and O–H groups in total. The largest absolute Gasteiger partial charge is 0.397 e. The van der Waals surface area contributed by atoms with Gasteiger partial charge in [0.15, 0.2) is 0 Å². The number of morpholine rings is 1. The SMILES string of the molecule is CC(C)n1cc(N)cc1C(=O)N1CCOCC1. The molecule has 0 bridgehead atoms. The van der Waals surface area contributed by atoms with E-state index in [9.17, 15) is 4.79 Å². The highest BCUT2D eigenvalue weighted by molar-refractivity contribution is 5.94. The number of aromatic nitrogens is 1. The van der Waals surface area contributed by atoms with Crippen LogP contribution in [-0.4, -0.2) is 41.7 Å². The molecule has 94 valence electrons. The summed E-state index contributed by atoms with van der Waals surface area (Å²) in [6.07, 6.45) is 1.82. The lowest BCUT2D eigenvalue weighted by molar-refractivity contribution is 0.0295. The van der Waals surface area contributed by atoms with Gasteiger partial charge < -0.3 is 19.9 Å². The summed E-state index contributed by atoms with van der Waals surface area (Å²) >= 11 is 0. The fourth-order valence-electron chi connectivity index (χ4n) is 2.03. The number of amides is 1. The summed E-state index contributed by atoms with van der Waals surface area (Å²) in [5, 5.41) is 0. The number of nitrogens with zero attached hydrogens (tertiary/aromatic N) is 2. The molecule has 0 spiro atoms. The first-order valence-corrected chi connectivity index (χ1v) is 5.94. The number of hydrogen-bond donors (Lipinski definition) is 1. The third-order valence-corrected chi connectivity index (χ3v) is 2.94. The molecule has 0 saturated carbocycles. The maximum atomic E-state index is 12.3. The van der Waals surface area contributed by atoms with Crippen molar-refractivity contribution in [1.29, 1.82) is 0 Å². The molecule has 1 amide bonds. The first kappa shape index (κ1) is 12.0. The summed E-state index contributed by atoms with van der Waals surface area (Å²) in [5.41, 5.74) is 7.07. The molecule has 0 atom stereocenters. The number of anilines is 1. The second-order valence-corrected chi connectivity index (χ2v) is 4.56. The van der Waals surface area contributed by atoms with Crippen molar-refractivity contribution in [3.05, 3.63) is 18.0 Å². The second-order valence-electron chi connectivity index (χ2n) is 4.56. The fourth-order valence-corrected chi connectivity index (χ4v) is 2.03. The summed E-state index contributed by atoms with van der Waals surface area (Å²) in [6.45, 7) is 6.61. The number of carbonyl (C=O) groups is 1. The number of carbonyl (C=O) groups excluding carboxylic acids is 1. The van der Waals surface area contributed by atoms with E-state index in [1.807, 2.05) is 29.5 Å². The molecule has 1 aliphatic heterocycles. The van der Waals surface area contributed by atoms with E-state index in [-0.39, 0.29) is 11.9 Å². The quantitative estimate of drug-likeness (QED) is 0.838. The number of nitrogens with two attached hydrogens (primary N) is 1. The van der Waals surface area contributed by atoms with Gasteiger partial charge in [0.05, 0.1) is 18.9 Å². The Kier molecular flexibility index (Phi) is 3.38. The van der Waals surface area contributed by atoms with Crippen LogP contribution in [0.25, 0.3) is 0 Å². The number of ether oxygens (including phenoxy) is 1. The van der Waals surface area contributed by atoms with Gasteiger partial charge in [-0.25, -0.2) is 0 Å². The van der Waals surface area contributed by atoms with E-state index in [4.69, 9.17) is 10.5 Å². The monoisotopic (exact) mass is 237 g/mol. The molecule has 0 unspecified atom stereocenters. The molecule has 0 radical (unpaired) electrons. The molecular weight excluding hydrogens is 218 g/mol. The number of hydrogen-bond acceptors (Lipinski definition) is 3. The van der Waals surface area contributed by atoms with Crippen molar-refractivity contribution in [2.24, 2.45) is 0 Å². The van der Waals surface area contributed by atoms with Crippen LogP contribution in [0, 0.1) is 0 Å². The van der Waals surface area contributed by atoms with Gasteiger partial charge in [0.1, 0.15) is 5.69 Å². The van der Waals surface area contributed by atoms with Crippen LogP contribution < -0.4 is 5.73 Å². The molecule has 5 heteroatoms. The smallest absolute Gasteiger partial charge is 0.270 e. The summed E-state index contributed by atoms with van der Waals surface area (Å²) in [5.74, 6) is 0.0405. The molecule has 1 saturated heterocycles. The Labute approximate surface area is 101 Å². The fraction of sp³-hybridized carbons (Fsp3) is 0.583. The maximum absolute atomic E-state index is 12.3. The van der Waals surface area contributed by atoms with Gasteiger partial charge in [0.2, 0.25) is 0 Å². The molecule has 1 aliphatic rings. The number of nitrogen functional groups attached to an aromatic ring is 1. The highest BCUT2D eigenvalue weighted by Crippen LogP contribution is 2.18. The molecule has 0 aliphatic carbocycles. The zero-order chi connectivity index (χ0) is 12.4. The molecule has 0 aromatic carbocycles. The van der Waals surface area contributed by atoms with Crippen LogP contribution >= 0.6 is 0 Å². The standard InChI is InChI=1S/C12H19N3O2/c1-9(2)15-8-10(13)7-11(15)12(16)14-3-5-17-6-4-14/h7-9H,3-6,13H2,1-2H3. The van der Waals surface area contributed by atoms with Gasteiger partial charge in [-0.1, -0.05) is 0 Å². The Balaban J connectivity index is 2.23. The third-order valence-electron chi connectivity index (χ3n) is 2.94. The van der Waals surface area contributed by atoms with Crippen molar-refractivity contribution in [2.45, 2.75) is 19.9 Å². The normalized spacial score (nSPS) is 16.5. The van der Waals surface area contributed by atoms with E-state index in [1.54, 1.807) is 6.07 Å². The lowest BCUT2D eigenvalue weighted by atomic mass is 10.3. The van der Waals surface area contributed by atoms with Gasteiger partial charge >= 0.3 is 0 Å². The topological polar surface area (TPSA) is 60.5 Å². The Bertz CT molecular complexity index is 406. The molecular formula is C12H19N3O2. The van der Waals surface area contributed by atoms with Crippen LogP contribution in [0.5, 0.6) is 0 Å². The molecule has 17 heavy (non-hydrogen) atoms. The molecule has 1 aromatic heterocycles. The number of rotatable bonds is 2. The van der Waals surface area contributed by atoms with Crippen LogP contribution in [0.2, 0.25) is 0 Å². The van der Waals surface area contributed by atoms with Crippen LogP contribution in [0.1, 0.15) is 30.4 Å². The van der Waals surface area contributed by atoms with Gasteiger partial charge in [-0.2, -0.15) is 0 Å². The van der Waals surface area contributed by atoms with Crippen LogP contribution in [0.15, 0.2) is 12.3 Å². The highest BCUT2D eigenvalue weighted by atomic mass is 16.5. The zero-order valence-corrected chi connectivity index (χ0v) is 10.3. The van der Waals surface area contributed by atoms with Gasteiger partial charge in [-0.05, 0) is 19.9 Å². The summed E-state index contributed by atoms with van der Waals surface area (Å²) < 4.78 is 7.17. The molecule has 2 heterocycles. The Hall–Kier alpha value is -1.49. The van der Waals surface area contributed by atoms with Crippen LogP contribution in [-0.2, 0) is 4.74 Å². The minimum Gasteiger partial charge on any atom is -0.397 e. The first-order chi connectivity index (χ1) is 8.09. The van der Waals surface area contributed by atoms with Crippen molar-refractivity contribution in [1.82, 2.24) is 9.47 Å². The zero-order valence-electron chi connectivity index (χ0n) is 10.3. The van der Waals surface area contributed by atoms with Gasteiger partial charge in [0.25, 0.3) is 5.91 Å². The molecule has 2 rings (SSSR count). The van der Waals surface area contributed by atoms with Gasteiger partial charge in [-0.15, -0.1) is 0 Å². The maximum Gasteiger partial charge on any atom is 0.270 e. The van der Waals surface area contributed by atoms with E-state index in [0.717, 1.165) is 0 Å². The van der Waals surface area contributed by atoms with Crippen molar-refractivity contribution in [3.8, 4) is 0 Å². The highest BCUT2D eigenvalue weighted by Gasteiger charge is 2.22. The lowest BCUT2D eigenvalue weighted by Crippen LogP contribution is -2.41. The van der Waals surface area contributed by atoms with Gasteiger partial charge in [-0.3, -0.25) is 4.79 Å². The van der Waals surface area contributed by atoms with E-state index >= 15 is 0 Å². The Morgan fingerprint density at radius 2 is 2.06 bits per heavy atom. The van der Waals surface area contributed by atoms with E-state index in [0.29, 0.717) is 37.7 Å². The second kappa shape index (κ2) is 4.79. The first-order valence-electron chi connectivity index (χ1n) is 5.94. The van der Waals surface area contributed by atoms with E-state index < -0.39 is 0 Å². The van der Waals surface area contributed by atoms with Gasteiger partial charge in [0, 0.05) is 25.3 Å². The molecule has 1 aromatic rings. The predicted molar refractivity (Wildman–Crippen MR) is 66.0 cm³/mol. The third kappa shape index (κ3) is 2.44. The van der Waals surface area contributed by atoms with E-state index in [1.165, 1.54) is 0 Å². The van der Waals surface area contributed by atoms with Crippen LogP contribution in [0.4, 0.5) is 5.69 Å². The van der Waals surface area contributed by atoms with Crippen molar-refractivity contribution >= 4 is 11.6 Å². The van der Waals surface area contributed by atoms with E-state index in [2.05, 4.69) is 0 Å². The summed E-state index contributed by atoms with van der Waals surface area (Å²) in [6, 6.07) is 1.98. The summed E-state index contributed by atoms with van der Waals surface area (Å²) in [7, 11) is 0. The van der Waals surface area contributed by atoms with Crippen molar-refractivity contribution in [2.75, 3.05) is 32.0 Å². The van der Waals surface area contributed by atoms with Crippen LogP contribution in [0.3, 0.4) is 0 Å². The minimum absolute atomic E-state index is 0.0405. The molecule has 5 nitrogen and oxygen atoms in total. The molecule has 1 fully saturated rings. The van der Waals surface area contributed by atoms with Crippen molar-refractivity contribution < 1.29 is 9.53 Å².